The molecule has 15 heavy (non-hydrogen) atoms. The summed E-state index contributed by atoms with van der Waals surface area (Å²) in [5.74, 6) is -0.487. The summed E-state index contributed by atoms with van der Waals surface area (Å²) in [5.41, 5.74) is -0.0300. The number of H-pyrrole nitrogens is 1. The van der Waals surface area contributed by atoms with Crippen molar-refractivity contribution in [2.75, 3.05) is 0 Å². The molecule has 0 amide bonds. The third-order valence-electron chi connectivity index (χ3n) is 1.73. The zero-order chi connectivity index (χ0) is 11.2. The van der Waals surface area contributed by atoms with E-state index >= 15 is 0 Å². The predicted octanol–water partition coefficient (Wildman–Crippen LogP) is 1.44. The molecule has 2 aromatic rings. The number of halogens is 2. The molecule has 0 aliphatic carbocycles. The molecule has 0 bridgehead atoms. The first-order valence-corrected chi connectivity index (χ1v) is 4.71. The Kier molecular flexibility index (Phi) is 2.24. The number of hydrogen-bond donors (Lipinski definition) is 1. The summed E-state index contributed by atoms with van der Waals surface area (Å²) >= 11 is 8.58. The quantitative estimate of drug-likeness (QED) is 0.636. The molecule has 2 aromatic heterocycles. The predicted molar refractivity (Wildman–Crippen MR) is 56.3 cm³/mol. The van der Waals surface area contributed by atoms with Gasteiger partial charge in [0, 0.05) is 0 Å². The summed E-state index contributed by atoms with van der Waals surface area (Å²) in [7, 11) is 0. The van der Waals surface area contributed by atoms with Gasteiger partial charge >= 0.3 is 11.5 Å². The van der Waals surface area contributed by atoms with Gasteiger partial charge < -0.3 is 10.1 Å². The van der Waals surface area contributed by atoms with Crippen molar-refractivity contribution in [3.8, 4) is 0 Å². The molecule has 9 heteroatoms. The normalized spacial score (nSPS) is 10.8. The van der Waals surface area contributed by atoms with Gasteiger partial charge in [0.15, 0.2) is 0 Å². The molecule has 1 N–H and O–H groups in total. The topological polar surface area (TPSA) is 93.8 Å². The monoisotopic (exact) mass is 292 g/mol. The number of nitro groups is 1. The third-order valence-corrected chi connectivity index (χ3v) is 2.71. The van der Waals surface area contributed by atoms with Gasteiger partial charge in [0.05, 0.1) is 16.1 Å². The minimum Gasteiger partial charge on any atom is -0.358 e. The number of aromatic nitrogens is 3. The third kappa shape index (κ3) is 1.51. The van der Waals surface area contributed by atoms with E-state index in [2.05, 4.69) is 26.1 Å². The molecule has 2 rings (SSSR count). The van der Waals surface area contributed by atoms with Crippen molar-refractivity contribution in [1.82, 2.24) is 13.6 Å². The van der Waals surface area contributed by atoms with Crippen molar-refractivity contribution in [3.63, 3.8) is 0 Å². The maximum atomic E-state index is 11.1. The number of pyridine rings is 1. The van der Waals surface area contributed by atoms with Crippen molar-refractivity contribution >= 4 is 44.7 Å². The van der Waals surface area contributed by atoms with E-state index in [1.165, 1.54) is 6.07 Å². The molecular weight excluding hydrogens is 291 g/mol. The van der Waals surface area contributed by atoms with E-state index in [0.717, 1.165) is 3.59 Å². The van der Waals surface area contributed by atoms with Crippen molar-refractivity contribution < 1.29 is 4.92 Å². The molecule has 0 saturated heterocycles. The molecule has 0 fully saturated rings. The Balaban J connectivity index is 2.88. The number of nitrogens with one attached hydrogen (secondary N) is 1. The van der Waals surface area contributed by atoms with Crippen LogP contribution in [0.15, 0.2) is 10.9 Å². The molecule has 0 aromatic carbocycles. The first-order chi connectivity index (χ1) is 7.00. The smallest absolute Gasteiger partial charge is 0.358 e. The highest BCUT2D eigenvalue weighted by atomic mass is 79.9. The molecular formula is C6H2BrClN4O3. The van der Waals surface area contributed by atoms with Crippen LogP contribution in [0.3, 0.4) is 0 Å². The Morgan fingerprint density at radius 2 is 2.33 bits per heavy atom. The highest BCUT2D eigenvalue weighted by molar-refractivity contribution is 9.08. The Bertz CT molecular complexity index is 619. The summed E-state index contributed by atoms with van der Waals surface area (Å²) in [6, 6.07) is 1.29. The summed E-state index contributed by atoms with van der Waals surface area (Å²) in [6.45, 7) is 0. The molecule has 7 nitrogen and oxygen atoms in total. The van der Waals surface area contributed by atoms with Crippen LogP contribution in [0.2, 0.25) is 5.02 Å². The van der Waals surface area contributed by atoms with Gasteiger partial charge in [-0.1, -0.05) is 11.6 Å². The highest BCUT2D eigenvalue weighted by Gasteiger charge is 2.19. The summed E-state index contributed by atoms with van der Waals surface area (Å²) in [4.78, 5) is 26.9. The second-order valence-corrected chi connectivity index (χ2v) is 3.75. The van der Waals surface area contributed by atoms with E-state index in [-0.39, 0.29) is 10.7 Å². The average Bonchev–Trinajstić information content (AvgIpc) is 2.43. The van der Waals surface area contributed by atoms with E-state index in [9.17, 15) is 14.9 Å². The van der Waals surface area contributed by atoms with Gasteiger partial charge in [0.25, 0.3) is 5.65 Å². The van der Waals surface area contributed by atoms with Gasteiger partial charge in [-0.15, -0.1) is 0 Å². The minimum absolute atomic E-state index is 0.105. The summed E-state index contributed by atoms with van der Waals surface area (Å²) < 4.78 is 1.09. The molecule has 0 aliphatic heterocycles. The summed E-state index contributed by atoms with van der Waals surface area (Å²) in [5, 5.41) is 10.4. The largest absolute Gasteiger partial charge is 0.384 e. The fourth-order valence-electron chi connectivity index (χ4n) is 1.10. The minimum atomic E-state index is -0.717. The zero-order valence-electron chi connectivity index (χ0n) is 6.90. The maximum absolute atomic E-state index is 11.1. The lowest BCUT2D eigenvalue weighted by Gasteiger charge is -1.94. The van der Waals surface area contributed by atoms with Gasteiger partial charge in [-0.05, 0) is 16.0 Å². The number of aromatic amines is 1. The SMILES string of the molecule is O=c1[nH]c2nc([N+](=O)[O-])c(Cl)cc2n1Br. The van der Waals surface area contributed by atoms with Crippen molar-refractivity contribution in [1.29, 1.82) is 0 Å². The standard InChI is InChI=1S/C6H2BrClN4O3/c7-11-3-1-2(8)5(12(14)15)9-4(3)10-6(11)13/h1H,(H,9,10,13). The number of fused-ring (bicyclic) bond motifs is 1. The Hall–Kier alpha value is -1.41. The van der Waals surface area contributed by atoms with Crippen LogP contribution in [0.1, 0.15) is 0 Å². The number of imidazole rings is 1. The Morgan fingerprint density at radius 3 is 2.93 bits per heavy atom. The van der Waals surface area contributed by atoms with Crippen LogP contribution < -0.4 is 5.69 Å². The lowest BCUT2D eigenvalue weighted by atomic mass is 10.4. The molecule has 0 spiro atoms. The summed E-state index contributed by atoms with van der Waals surface area (Å²) in [6.07, 6.45) is 0. The van der Waals surface area contributed by atoms with Crippen LogP contribution in [-0.2, 0) is 0 Å². The van der Waals surface area contributed by atoms with E-state index in [4.69, 9.17) is 11.6 Å². The van der Waals surface area contributed by atoms with Crippen molar-refractivity contribution in [3.05, 3.63) is 31.7 Å². The van der Waals surface area contributed by atoms with Gasteiger partial charge in [-0.3, -0.25) is 4.98 Å². The second-order valence-electron chi connectivity index (χ2n) is 2.63. The van der Waals surface area contributed by atoms with Crippen LogP contribution in [0.5, 0.6) is 0 Å². The molecule has 0 aliphatic rings. The van der Waals surface area contributed by atoms with Gasteiger partial charge in [-0.2, -0.15) is 0 Å². The average molecular weight is 293 g/mol. The van der Waals surface area contributed by atoms with Gasteiger partial charge in [-0.25, -0.2) is 8.39 Å². The van der Waals surface area contributed by atoms with Crippen LogP contribution in [0.4, 0.5) is 5.82 Å². The van der Waals surface area contributed by atoms with Crippen LogP contribution >= 0.6 is 27.7 Å². The first-order valence-electron chi connectivity index (χ1n) is 3.62. The van der Waals surface area contributed by atoms with Crippen LogP contribution in [0, 0.1) is 10.1 Å². The first kappa shape index (κ1) is 10.1. The fraction of sp³-hybridized carbons (Fsp3) is 0. The van der Waals surface area contributed by atoms with Crippen molar-refractivity contribution in [2.45, 2.75) is 0 Å². The zero-order valence-corrected chi connectivity index (χ0v) is 9.24. The van der Waals surface area contributed by atoms with E-state index in [1.807, 2.05) is 0 Å². The second kappa shape index (κ2) is 3.31. The molecule has 0 atom stereocenters. The van der Waals surface area contributed by atoms with Crippen LogP contribution in [0.25, 0.3) is 11.2 Å². The van der Waals surface area contributed by atoms with Gasteiger partial charge in [0.1, 0.15) is 10.5 Å². The molecule has 2 heterocycles. The van der Waals surface area contributed by atoms with Crippen molar-refractivity contribution in [2.24, 2.45) is 0 Å². The van der Waals surface area contributed by atoms with E-state index < -0.39 is 16.4 Å². The lowest BCUT2D eigenvalue weighted by molar-refractivity contribution is -0.389. The van der Waals surface area contributed by atoms with Crippen LogP contribution in [-0.4, -0.2) is 18.5 Å². The fourth-order valence-corrected chi connectivity index (χ4v) is 1.67. The molecule has 0 unspecified atom stereocenters. The Morgan fingerprint density at radius 1 is 1.67 bits per heavy atom. The lowest BCUT2D eigenvalue weighted by Crippen LogP contribution is -2.06. The Labute approximate surface area is 95.2 Å². The molecule has 0 saturated carbocycles. The van der Waals surface area contributed by atoms with E-state index in [0.29, 0.717) is 5.52 Å². The molecule has 78 valence electrons. The van der Waals surface area contributed by atoms with E-state index in [1.54, 1.807) is 0 Å². The number of hydrogen-bond acceptors (Lipinski definition) is 4. The maximum Gasteiger partial charge on any atom is 0.384 e. The van der Waals surface area contributed by atoms with Gasteiger partial charge in [0.2, 0.25) is 0 Å². The molecule has 0 radical (unpaired) electrons. The number of rotatable bonds is 1. The number of nitrogens with zero attached hydrogens (tertiary/aromatic N) is 3. The highest BCUT2D eigenvalue weighted by Crippen LogP contribution is 2.25.